The normalized spacial score (nSPS) is 11.3. The van der Waals surface area contributed by atoms with Crippen molar-refractivity contribution >= 4 is 17.3 Å². The van der Waals surface area contributed by atoms with Crippen LogP contribution < -0.4 is 16.6 Å². The van der Waals surface area contributed by atoms with Gasteiger partial charge in [0.1, 0.15) is 0 Å². The molecule has 0 bridgehead atoms. The van der Waals surface area contributed by atoms with E-state index in [-0.39, 0.29) is 11.5 Å². The van der Waals surface area contributed by atoms with Crippen molar-refractivity contribution < 1.29 is 22.0 Å². The number of pyridine rings is 1. The second kappa shape index (κ2) is 5.52. The summed E-state index contributed by atoms with van der Waals surface area (Å²) in [5.41, 5.74) is 1.25. The van der Waals surface area contributed by atoms with Crippen LogP contribution in [0.3, 0.4) is 0 Å². The number of benzene rings is 1. The zero-order valence-corrected chi connectivity index (χ0v) is 10.3. The second-order valence-corrected chi connectivity index (χ2v) is 3.99. The van der Waals surface area contributed by atoms with Crippen LogP contribution in [-0.4, -0.2) is 4.98 Å². The molecule has 0 amide bonds. The Kier molecular flexibility index (Phi) is 3.94. The average Bonchev–Trinajstić information content (AvgIpc) is 2.41. The van der Waals surface area contributed by atoms with Crippen LogP contribution in [0.15, 0.2) is 30.3 Å². The van der Waals surface area contributed by atoms with Gasteiger partial charge in [-0.1, -0.05) is 0 Å². The molecule has 0 radical (unpaired) electrons. The number of nitrogens with two attached hydrogens (primary N) is 1. The minimum atomic E-state index is -4.46. The Hall–Kier alpha value is -2.42. The maximum atomic E-state index is 13.5. The highest BCUT2D eigenvalue weighted by Gasteiger charge is 2.29. The van der Waals surface area contributed by atoms with Crippen molar-refractivity contribution in [1.29, 1.82) is 0 Å². The summed E-state index contributed by atoms with van der Waals surface area (Å²) in [6.45, 7) is 0. The average molecular weight is 304 g/mol. The first-order valence-electron chi connectivity index (χ1n) is 5.58. The lowest BCUT2D eigenvalue weighted by Gasteiger charge is -2.11. The van der Waals surface area contributed by atoms with Crippen LogP contribution >= 0.6 is 0 Å². The molecule has 0 atom stereocenters. The number of anilines is 3. The highest BCUT2D eigenvalue weighted by atomic mass is 19.4. The molecule has 0 spiro atoms. The molecule has 0 unspecified atom stereocenters. The molecule has 0 fully saturated rings. The number of hydrogen-bond acceptors (Lipinski definition) is 4. The Morgan fingerprint density at radius 2 is 1.52 bits per heavy atom. The lowest BCUT2D eigenvalue weighted by atomic mass is 10.2. The standard InChI is InChI=1S/C12H9F5N4/c13-8-5-9(14)11(21-18)20-10(8)19-7-3-1-6(2-4-7)12(15,16)17/h1-5H,18H2,(H2,19,20,21). The van der Waals surface area contributed by atoms with Crippen LogP contribution in [0.2, 0.25) is 0 Å². The van der Waals surface area contributed by atoms with E-state index in [2.05, 4.69) is 10.3 Å². The molecule has 0 saturated carbocycles. The smallest absolute Gasteiger partial charge is 0.338 e. The predicted octanol–water partition coefficient (Wildman–Crippen LogP) is 3.41. The third kappa shape index (κ3) is 3.37. The van der Waals surface area contributed by atoms with E-state index < -0.39 is 29.2 Å². The molecule has 112 valence electrons. The van der Waals surface area contributed by atoms with Crippen LogP contribution in [0, 0.1) is 11.6 Å². The van der Waals surface area contributed by atoms with Crippen molar-refractivity contribution in [2.75, 3.05) is 10.7 Å². The number of nitrogens with one attached hydrogen (secondary N) is 2. The van der Waals surface area contributed by atoms with Gasteiger partial charge in [-0.25, -0.2) is 19.6 Å². The first-order valence-corrected chi connectivity index (χ1v) is 5.58. The van der Waals surface area contributed by atoms with Crippen LogP contribution in [0.4, 0.5) is 39.3 Å². The molecular weight excluding hydrogens is 295 g/mol. The van der Waals surface area contributed by atoms with Gasteiger partial charge in [-0.3, -0.25) is 0 Å². The fourth-order valence-corrected chi connectivity index (χ4v) is 1.53. The third-order valence-corrected chi connectivity index (χ3v) is 2.54. The van der Waals surface area contributed by atoms with Crippen LogP contribution in [0.1, 0.15) is 5.56 Å². The van der Waals surface area contributed by atoms with Crippen molar-refractivity contribution in [2.45, 2.75) is 6.18 Å². The third-order valence-electron chi connectivity index (χ3n) is 2.54. The topological polar surface area (TPSA) is 63.0 Å². The maximum Gasteiger partial charge on any atom is 0.416 e. The molecule has 1 aromatic carbocycles. The molecule has 2 rings (SSSR count). The van der Waals surface area contributed by atoms with E-state index in [0.29, 0.717) is 6.07 Å². The summed E-state index contributed by atoms with van der Waals surface area (Å²) in [6.07, 6.45) is -4.46. The van der Waals surface area contributed by atoms with Crippen molar-refractivity contribution in [3.05, 3.63) is 47.5 Å². The Labute approximate surface area is 115 Å². The quantitative estimate of drug-likeness (QED) is 0.462. The summed E-state index contributed by atoms with van der Waals surface area (Å²) in [5.74, 6) is 2.23. The monoisotopic (exact) mass is 304 g/mol. The summed E-state index contributed by atoms with van der Waals surface area (Å²) in [4.78, 5) is 3.54. The summed E-state index contributed by atoms with van der Waals surface area (Å²) in [6, 6.07) is 4.40. The van der Waals surface area contributed by atoms with E-state index in [1.165, 1.54) is 0 Å². The number of aromatic nitrogens is 1. The Bertz CT molecular complexity index is 639. The SMILES string of the molecule is NNc1nc(Nc2ccc(C(F)(F)F)cc2)c(F)cc1F. The van der Waals surface area contributed by atoms with Crippen LogP contribution in [-0.2, 0) is 6.18 Å². The van der Waals surface area contributed by atoms with Gasteiger partial charge in [-0.05, 0) is 24.3 Å². The highest BCUT2D eigenvalue weighted by Crippen LogP contribution is 2.30. The van der Waals surface area contributed by atoms with E-state index in [4.69, 9.17) is 5.84 Å². The zero-order chi connectivity index (χ0) is 15.6. The van der Waals surface area contributed by atoms with E-state index in [1.807, 2.05) is 5.43 Å². The zero-order valence-electron chi connectivity index (χ0n) is 10.3. The summed E-state index contributed by atoms with van der Waals surface area (Å²) in [5, 5.41) is 2.44. The number of alkyl halides is 3. The Balaban J connectivity index is 2.26. The fraction of sp³-hybridized carbons (Fsp3) is 0.0833. The number of rotatable bonds is 3. The largest absolute Gasteiger partial charge is 0.416 e. The van der Waals surface area contributed by atoms with E-state index >= 15 is 0 Å². The molecule has 1 aromatic heterocycles. The van der Waals surface area contributed by atoms with Gasteiger partial charge in [-0.2, -0.15) is 13.2 Å². The predicted molar refractivity (Wildman–Crippen MR) is 66.7 cm³/mol. The van der Waals surface area contributed by atoms with Gasteiger partial charge in [0.15, 0.2) is 23.3 Å². The van der Waals surface area contributed by atoms with E-state index in [1.54, 1.807) is 0 Å². The van der Waals surface area contributed by atoms with Gasteiger partial charge >= 0.3 is 6.18 Å². The summed E-state index contributed by atoms with van der Waals surface area (Å²) < 4.78 is 63.9. The number of hydrogen-bond donors (Lipinski definition) is 3. The first kappa shape index (κ1) is 15.0. The second-order valence-electron chi connectivity index (χ2n) is 3.99. The van der Waals surface area contributed by atoms with E-state index in [9.17, 15) is 22.0 Å². The molecule has 4 nitrogen and oxygen atoms in total. The van der Waals surface area contributed by atoms with Crippen molar-refractivity contribution in [3.8, 4) is 0 Å². The molecule has 9 heteroatoms. The van der Waals surface area contributed by atoms with Gasteiger partial charge in [0.2, 0.25) is 0 Å². The number of nitrogens with zero attached hydrogens (tertiary/aromatic N) is 1. The lowest BCUT2D eigenvalue weighted by molar-refractivity contribution is -0.137. The summed E-state index contributed by atoms with van der Waals surface area (Å²) in [7, 11) is 0. The van der Waals surface area contributed by atoms with Gasteiger partial charge < -0.3 is 10.7 Å². The molecule has 4 N–H and O–H groups in total. The molecule has 0 aliphatic carbocycles. The molecular formula is C12H9F5N4. The molecule has 0 aliphatic rings. The molecule has 0 saturated heterocycles. The van der Waals surface area contributed by atoms with E-state index in [0.717, 1.165) is 24.3 Å². The molecule has 21 heavy (non-hydrogen) atoms. The molecule has 0 aliphatic heterocycles. The summed E-state index contributed by atoms with van der Waals surface area (Å²) >= 11 is 0. The van der Waals surface area contributed by atoms with Crippen LogP contribution in [0.25, 0.3) is 0 Å². The highest BCUT2D eigenvalue weighted by molar-refractivity contribution is 5.59. The van der Waals surface area contributed by atoms with Crippen molar-refractivity contribution in [1.82, 2.24) is 4.98 Å². The van der Waals surface area contributed by atoms with Gasteiger partial charge in [-0.15, -0.1) is 0 Å². The minimum absolute atomic E-state index is 0.156. The van der Waals surface area contributed by atoms with Gasteiger partial charge in [0.25, 0.3) is 0 Å². The fourth-order valence-electron chi connectivity index (χ4n) is 1.53. The first-order chi connectivity index (χ1) is 9.81. The van der Waals surface area contributed by atoms with Crippen LogP contribution in [0.5, 0.6) is 0 Å². The molecule has 1 heterocycles. The number of hydrazine groups is 1. The van der Waals surface area contributed by atoms with Crippen molar-refractivity contribution in [3.63, 3.8) is 0 Å². The lowest BCUT2D eigenvalue weighted by Crippen LogP contribution is -2.12. The number of halogens is 5. The number of nitrogen functional groups attached to an aromatic ring is 1. The Morgan fingerprint density at radius 3 is 2.05 bits per heavy atom. The maximum absolute atomic E-state index is 13.5. The van der Waals surface area contributed by atoms with Gasteiger partial charge in [0.05, 0.1) is 5.56 Å². The minimum Gasteiger partial charge on any atom is -0.338 e. The van der Waals surface area contributed by atoms with Gasteiger partial charge in [0, 0.05) is 11.8 Å². The van der Waals surface area contributed by atoms with Crippen molar-refractivity contribution in [2.24, 2.45) is 5.84 Å². The molecule has 2 aromatic rings. The Morgan fingerprint density at radius 1 is 0.952 bits per heavy atom.